The standard InChI is InChI=1S/C12H13ClFN3OS/c1-7-12(19(2,15)18)17-11(16-7)6-8-3-4-10(14)9(13)5-8/h3-5,15H,6H2,1-2H3,(H,16,17). The molecule has 0 aliphatic carbocycles. The van der Waals surface area contributed by atoms with Gasteiger partial charge in [-0.25, -0.2) is 18.4 Å². The van der Waals surface area contributed by atoms with Gasteiger partial charge in [0.1, 0.15) is 11.6 Å². The van der Waals surface area contributed by atoms with E-state index in [4.69, 9.17) is 16.4 Å². The number of benzene rings is 1. The van der Waals surface area contributed by atoms with Gasteiger partial charge in [0.15, 0.2) is 5.03 Å². The van der Waals surface area contributed by atoms with E-state index in [-0.39, 0.29) is 10.0 Å². The molecule has 0 spiro atoms. The van der Waals surface area contributed by atoms with Gasteiger partial charge in [-0.1, -0.05) is 17.7 Å². The van der Waals surface area contributed by atoms with Crippen LogP contribution in [-0.2, 0) is 16.1 Å². The molecule has 0 fully saturated rings. The number of hydrogen-bond acceptors (Lipinski definition) is 3. The van der Waals surface area contributed by atoms with Crippen LogP contribution in [0.1, 0.15) is 17.1 Å². The third-order valence-corrected chi connectivity index (χ3v) is 4.04. The number of hydrogen-bond donors (Lipinski definition) is 2. The summed E-state index contributed by atoms with van der Waals surface area (Å²) in [5, 5.41) is 0.316. The maximum Gasteiger partial charge on any atom is 0.156 e. The maximum atomic E-state index is 13.0. The second kappa shape index (κ2) is 4.94. The Morgan fingerprint density at radius 3 is 2.74 bits per heavy atom. The number of aromatic amines is 1. The molecule has 2 N–H and O–H groups in total. The van der Waals surface area contributed by atoms with Crippen LogP contribution in [0.25, 0.3) is 0 Å². The number of halogens is 2. The van der Waals surface area contributed by atoms with Crippen molar-refractivity contribution in [2.75, 3.05) is 6.26 Å². The van der Waals surface area contributed by atoms with Crippen LogP contribution in [0.15, 0.2) is 23.2 Å². The van der Waals surface area contributed by atoms with Crippen LogP contribution in [0.2, 0.25) is 5.02 Å². The van der Waals surface area contributed by atoms with Crippen LogP contribution < -0.4 is 0 Å². The highest BCUT2D eigenvalue weighted by molar-refractivity contribution is 7.91. The molecule has 1 heterocycles. The zero-order valence-electron chi connectivity index (χ0n) is 10.5. The first-order valence-corrected chi connectivity index (χ1v) is 7.85. The van der Waals surface area contributed by atoms with Crippen molar-refractivity contribution in [2.24, 2.45) is 0 Å². The van der Waals surface area contributed by atoms with Gasteiger partial charge in [0.05, 0.1) is 14.8 Å². The molecule has 0 aliphatic heterocycles. The first-order chi connectivity index (χ1) is 8.77. The summed E-state index contributed by atoms with van der Waals surface area (Å²) >= 11 is 5.71. The number of rotatable bonds is 3. The maximum absolute atomic E-state index is 13.0. The zero-order chi connectivity index (χ0) is 14.2. The summed E-state index contributed by atoms with van der Waals surface area (Å²) in [6, 6.07) is 4.43. The van der Waals surface area contributed by atoms with Gasteiger partial charge in [-0.05, 0) is 24.6 Å². The molecule has 0 radical (unpaired) electrons. The second-order valence-electron chi connectivity index (χ2n) is 4.38. The van der Waals surface area contributed by atoms with Crippen molar-refractivity contribution >= 4 is 21.3 Å². The molecule has 1 aromatic carbocycles. The number of imidazole rings is 1. The van der Waals surface area contributed by atoms with E-state index in [1.54, 1.807) is 13.0 Å². The zero-order valence-corrected chi connectivity index (χ0v) is 12.0. The number of H-pyrrole nitrogens is 1. The summed E-state index contributed by atoms with van der Waals surface area (Å²) in [5.74, 6) is 0.112. The molecule has 2 rings (SSSR count). The van der Waals surface area contributed by atoms with E-state index in [0.29, 0.717) is 17.9 Å². The van der Waals surface area contributed by atoms with E-state index in [1.165, 1.54) is 18.4 Å². The lowest BCUT2D eigenvalue weighted by Gasteiger charge is -2.00. The molecular weight excluding hydrogens is 289 g/mol. The Balaban J connectivity index is 2.32. The Morgan fingerprint density at radius 1 is 1.53 bits per heavy atom. The molecule has 2 aromatic rings. The molecule has 1 unspecified atom stereocenters. The summed E-state index contributed by atoms with van der Waals surface area (Å²) in [6.45, 7) is 1.72. The molecule has 1 aromatic heterocycles. The number of nitrogens with one attached hydrogen (secondary N) is 2. The van der Waals surface area contributed by atoms with Crippen molar-refractivity contribution in [2.45, 2.75) is 18.4 Å². The lowest BCUT2D eigenvalue weighted by atomic mass is 10.1. The van der Waals surface area contributed by atoms with Crippen molar-refractivity contribution in [3.05, 3.63) is 46.1 Å². The molecule has 7 heteroatoms. The van der Waals surface area contributed by atoms with E-state index in [1.807, 2.05) is 0 Å². The van der Waals surface area contributed by atoms with Gasteiger partial charge in [-0.15, -0.1) is 0 Å². The Bertz CT molecular complexity index is 725. The van der Waals surface area contributed by atoms with E-state index >= 15 is 0 Å². The largest absolute Gasteiger partial charge is 0.345 e. The first kappa shape index (κ1) is 14.0. The molecule has 0 amide bonds. The fourth-order valence-corrected chi connectivity index (χ4v) is 2.93. The smallest absolute Gasteiger partial charge is 0.156 e. The minimum absolute atomic E-state index is 0.0563. The molecule has 0 aliphatic rings. The lowest BCUT2D eigenvalue weighted by molar-refractivity contribution is 0.627. The van der Waals surface area contributed by atoms with Crippen LogP contribution in [0.4, 0.5) is 4.39 Å². The molecule has 1 atom stereocenters. The summed E-state index contributed by atoms with van der Waals surface area (Å²) in [4.78, 5) is 7.16. The highest BCUT2D eigenvalue weighted by Gasteiger charge is 2.14. The highest BCUT2D eigenvalue weighted by Crippen LogP contribution is 2.19. The first-order valence-electron chi connectivity index (χ1n) is 5.50. The SMILES string of the molecule is Cc1[nH]c(Cc2ccc(F)c(Cl)c2)nc1S(C)(=N)=O. The van der Waals surface area contributed by atoms with Crippen molar-refractivity contribution in [1.29, 1.82) is 4.78 Å². The van der Waals surface area contributed by atoms with Crippen molar-refractivity contribution in [1.82, 2.24) is 9.97 Å². The van der Waals surface area contributed by atoms with Crippen LogP contribution in [0, 0.1) is 17.5 Å². The van der Waals surface area contributed by atoms with Gasteiger partial charge in [0.25, 0.3) is 0 Å². The van der Waals surface area contributed by atoms with Gasteiger partial charge >= 0.3 is 0 Å². The summed E-state index contributed by atoms with van der Waals surface area (Å²) in [6.07, 6.45) is 1.74. The average molecular weight is 302 g/mol. The quantitative estimate of drug-likeness (QED) is 0.914. The minimum Gasteiger partial charge on any atom is -0.345 e. The minimum atomic E-state index is -2.85. The number of aromatic nitrogens is 2. The summed E-state index contributed by atoms with van der Waals surface area (Å²) < 4.78 is 32.3. The Morgan fingerprint density at radius 2 is 2.21 bits per heavy atom. The summed E-state index contributed by atoms with van der Waals surface area (Å²) in [7, 11) is -2.85. The van der Waals surface area contributed by atoms with E-state index < -0.39 is 15.5 Å². The fourth-order valence-electron chi connectivity index (χ4n) is 1.81. The molecular formula is C12H13ClFN3OS. The van der Waals surface area contributed by atoms with Crippen molar-refractivity contribution in [3.8, 4) is 0 Å². The summed E-state index contributed by atoms with van der Waals surface area (Å²) in [5.41, 5.74) is 1.41. The van der Waals surface area contributed by atoms with Gasteiger partial charge in [-0.3, -0.25) is 0 Å². The van der Waals surface area contributed by atoms with E-state index in [2.05, 4.69) is 9.97 Å². The van der Waals surface area contributed by atoms with Gasteiger partial charge in [-0.2, -0.15) is 0 Å². The third-order valence-electron chi connectivity index (χ3n) is 2.61. The number of nitrogens with zero attached hydrogens (tertiary/aromatic N) is 1. The molecule has 0 bridgehead atoms. The Hall–Kier alpha value is -1.40. The Labute approximate surface area is 116 Å². The third kappa shape index (κ3) is 3.13. The highest BCUT2D eigenvalue weighted by atomic mass is 35.5. The monoisotopic (exact) mass is 301 g/mol. The van der Waals surface area contributed by atoms with Gasteiger partial charge in [0.2, 0.25) is 0 Å². The van der Waals surface area contributed by atoms with Crippen LogP contribution >= 0.6 is 11.6 Å². The van der Waals surface area contributed by atoms with E-state index in [0.717, 1.165) is 5.56 Å². The second-order valence-corrected chi connectivity index (χ2v) is 6.86. The van der Waals surface area contributed by atoms with Crippen LogP contribution in [0.3, 0.4) is 0 Å². The molecule has 19 heavy (non-hydrogen) atoms. The molecule has 0 saturated heterocycles. The fraction of sp³-hybridized carbons (Fsp3) is 0.250. The van der Waals surface area contributed by atoms with Crippen molar-refractivity contribution in [3.63, 3.8) is 0 Å². The Kier molecular flexibility index (Phi) is 3.64. The van der Waals surface area contributed by atoms with Gasteiger partial charge < -0.3 is 4.98 Å². The number of aryl methyl sites for hydroxylation is 1. The topological polar surface area (TPSA) is 69.6 Å². The van der Waals surface area contributed by atoms with Gasteiger partial charge in [0, 0.05) is 18.4 Å². The molecule has 4 nitrogen and oxygen atoms in total. The average Bonchev–Trinajstić information content (AvgIpc) is 2.64. The molecule has 0 saturated carbocycles. The van der Waals surface area contributed by atoms with Crippen molar-refractivity contribution < 1.29 is 8.60 Å². The van der Waals surface area contributed by atoms with E-state index in [9.17, 15) is 8.60 Å². The molecule has 102 valence electrons. The van der Waals surface area contributed by atoms with Crippen LogP contribution in [-0.4, -0.2) is 20.4 Å². The predicted octanol–water partition coefficient (Wildman–Crippen LogP) is 3.14. The normalized spacial score (nSPS) is 14.3. The van der Waals surface area contributed by atoms with Crippen LogP contribution in [0.5, 0.6) is 0 Å². The predicted molar refractivity (Wildman–Crippen MR) is 72.6 cm³/mol. The lowest BCUT2D eigenvalue weighted by Crippen LogP contribution is -1.98.